The maximum absolute atomic E-state index is 11.3. The molecule has 0 saturated carbocycles. The van der Waals surface area contributed by atoms with Gasteiger partial charge in [-0.2, -0.15) is 0 Å². The molecule has 0 saturated heterocycles. The van der Waals surface area contributed by atoms with Crippen molar-refractivity contribution in [2.75, 3.05) is 11.6 Å². The number of sulfonamides is 1. The third-order valence-corrected chi connectivity index (χ3v) is 4.09. The van der Waals surface area contributed by atoms with Crippen molar-refractivity contribution < 1.29 is 13.5 Å². The van der Waals surface area contributed by atoms with Gasteiger partial charge in [-0.25, -0.2) is 23.5 Å². The van der Waals surface area contributed by atoms with Gasteiger partial charge in [0.25, 0.3) is 0 Å². The number of hydrogen-bond donors (Lipinski definition) is 3. The van der Waals surface area contributed by atoms with E-state index in [9.17, 15) is 13.5 Å². The molecule has 0 aliphatic carbocycles. The fourth-order valence-corrected chi connectivity index (χ4v) is 2.50. The molecule has 0 radical (unpaired) electrons. The molecule has 1 aromatic carbocycles. The Hall–Kier alpha value is -1.68. The standard InChI is InChI=1S/C12H14N4O3S2/c1-20-12-14-6-8(7-17)11(16-12)15-9-3-2-4-10(5-9)21(13,18)19/h2-6,17H,7H2,1H3,(H2,13,18,19)(H,14,15,16). The summed E-state index contributed by atoms with van der Waals surface area (Å²) in [6.45, 7) is -0.230. The molecular weight excluding hydrogens is 312 g/mol. The highest BCUT2D eigenvalue weighted by molar-refractivity contribution is 7.98. The monoisotopic (exact) mass is 326 g/mol. The molecule has 4 N–H and O–H groups in total. The van der Waals surface area contributed by atoms with E-state index in [4.69, 9.17) is 5.14 Å². The van der Waals surface area contributed by atoms with Gasteiger partial charge in [0, 0.05) is 17.4 Å². The Labute approximate surface area is 126 Å². The quantitative estimate of drug-likeness (QED) is 0.556. The number of aromatic nitrogens is 2. The lowest BCUT2D eigenvalue weighted by Gasteiger charge is -2.11. The minimum Gasteiger partial charge on any atom is -0.391 e. The van der Waals surface area contributed by atoms with E-state index < -0.39 is 10.0 Å². The van der Waals surface area contributed by atoms with Crippen molar-refractivity contribution in [1.29, 1.82) is 0 Å². The van der Waals surface area contributed by atoms with Gasteiger partial charge in [-0.1, -0.05) is 17.8 Å². The number of hydrogen-bond acceptors (Lipinski definition) is 7. The summed E-state index contributed by atoms with van der Waals surface area (Å²) in [5, 5.41) is 17.9. The van der Waals surface area contributed by atoms with Crippen LogP contribution < -0.4 is 10.5 Å². The lowest BCUT2D eigenvalue weighted by Crippen LogP contribution is -2.12. The minimum absolute atomic E-state index is 0.00260. The molecule has 0 bridgehead atoms. The third-order valence-electron chi connectivity index (χ3n) is 2.62. The molecule has 0 atom stereocenters. The van der Waals surface area contributed by atoms with Crippen LogP contribution in [0.2, 0.25) is 0 Å². The van der Waals surface area contributed by atoms with Crippen molar-refractivity contribution in [1.82, 2.24) is 9.97 Å². The Kier molecular flexibility index (Phi) is 4.78. The van der Waals surface area contributed by atoms with Gasteiger partial charge in [-0.3, -0.25) is 0 Å². The first-order valence-electron chi connectivity index (χ1n) is 5.84. The van der Waals surface area contributed by atoms with Crippen molar-refractivity contribution in [2.45, 2.75) is 16.7 Å². The predicted molar refractivity (Wildman–Crippen MR) is 80.8 cm³/mol. The average molecular weight is 326 g/mol. The fourth-order valence-electron chi connectivity index (χ4n) is 1.60. The van der Waals surface area contributed by atoms with Gasteiger partial charge in [0.05, 0.1) is 11.5 Å². The van der Waals surface area contributed by atoms with E-state index in [0.29, 0.717) is 22.2 Å². The number of nitrogens with zero attached hydrogens (tertiary/aromatic N) is 2. The molecule has 1 aromatic heterocycles. The van der Waals surface area contributed by atoms with Gasteiger partial charge in [0.1, 0.15) is 5.82 Å². The van der Waals surface area contributed by atoms with Crippen molar-refractivity contribution in [3.8, 4) is 0 Å². The summed E-state index contributed by atoms with van der Waals surface area (Å²) in [5.74, 6) is 0.420. The van der Waals surface area contributed by atoms with E-state index >= 15 is 0 Å². The van der Waals surface area contributed by atoms with Crippen molar-refractivity contribution in [3.05, 3.63) is 36.0 Å². The molecule has 7 nitrogen and oxygen atoms in total. The Balaban J connectivity index is 2.38. The Morgan fingerprint density at radius 3 is 2.81 bits per heavy atom. The Morgan fingerprint density at radius 1 is 1.43 bits per heavy atom. The maximum atomic E-state index is 11.3. The van der Waals surface area contributed by atoms with Crippen LogP contribution in [0.5, 0.6) is 0 Å². The molecule has 0 spiro atoms. The van der Waals surface area contributed by atoms with E-state index in [1.807, 2.05) is 6.26 Å². The highest BCUT2D eigenvalue weighted by atomic mass is 32.2. The van der Waals surface area contributed by atoms with Crippen LogP contribution in [0.4, 0.5) is 11.5 Å². The summed E-state index contributed by atoms with van der Waals surface area (Å²) in [6, 6.07) is 6.05. The van der Waals surface area contributed by atoms with Crippen LogP contribution in [0.1, 0.15) is 5.56 Å². The second-order valence-electron chi connectivity index (χ2n) is 4.09. The minimum atomic E-state index is -3.77. The number of anilines is 2. The molecule has 9 heteroatoms. The van der Waals surface area contributed by atoms with Gasteiger partial charge in [0.2, 0.25) is 10.0 Å². The maximum Gasteiger partial charge on any atom is 0.238 e. The number of primary sulfonamides is 1. The average Bonchev–Trinajstić information content (AvgIpc) is 2.46. The third kappa shape index (κ3) is 3.91. The van der Waals surface area contributed by atoms with Gasteiger partial charge in [-0.05, 0) is 24.5 Å². The zero-order valence-electron chi connectivity index (χ0n) is 11.1. The summed E-state index contributed by atoms with van der Waals surface area (Å²) >= 11 is 1.36. The van der Waals surface area contributed by atoms with Gasteiger partial charge in [-0.15, -0.1) is 0 Å². The molecule has 112 valence electrons. The Morgan fingerprint density at radius 2 is 2.19 bits per heavy atom. The number of aliphatic hydroxyl groups excluding tert-OH is 1. The van der Waals surface area contributed by atoms with Crippen LogP contribution in [0.15, 0.2) is 40.5 Å². The smallest absolute Gasteiger partial charge is 0.238 e. The summed E-state index contributed by atoms with van der Waals surface area (Å²) in [6.07, 6.45) is 3.35. The lowest BCUT2D eigenvalue weighted by molar-refractivity contribution is 0.281. The summed E-state index contributed by atoms with van der Waals surface area (Å²) in [7, 11) is -3.77. The summed E-state index contributed by atoms with van der Waals surface area (Å²) < 4.78 is 22.7. The van der Waals surface area contributed by atoms with Crippen LogP contribution in [0.25, 0.3) is 0 Å². The zero-order chi connectivity index (χ0) is 15.5. The zero-order valence-corrected chi connectivity index (χ0v) is 12.8. The molecule has 0 amide bonds. The molecule has 0 unspecified atom stereocenters. The number of nitrogens with two attached hydrogens (primary N) is 1. The molecular formula is C12H14N4O3S2. The van der Waals surface area contributed by atoms with E-state index in [1.54, 1.807) is 12.1 Å². The highest BCUT2D eigenvalue weighted by Crippen LogP contribution is 2.22. The number of thioether (sulfide) groups is 1. The van der Waals surface area contributed by atoms with Gasteiger partial charge >= 0.3 is 0 Å². The first kappa shape index (κ1) is 15.7. The van der Waals surface area contributed by atoms with Crippen LogP contribution >= 0.6 is 11.8 Å². The normalized spacial score (nSPS) is 11.4. The van der Waals surface area contributed by atoms with E-state index in [0.717, 1.165) is 0 Å². The van der Waals surface area contributed by atoms with Crippen molar-refractivity contribution in [2.24, 2.45) is 5.14 Å². The SMILES string of the molecule is CSc1ncc(CO)c(Nc2cccc(S(N)(=O)=O)c2)n1. The van der Waals surface area contributed by atoms with E-state index in [-0.39, 0.29) is 11.5 Å². The molecule has 2 rings (SSSR count). The van der Waals surface area contributed by atoms with Crippen LogP contribution in [-0.2, 0) is 16.6 Å². The number of rotatable bonds is 5. The molecule has 21 heavy (non-hydrogen) atoms. The molecule has 1 heterocycles. The van der Waals surface area contributed by atoms with Crippen molar-refractivity contribution in [3.63, 3.8) is 0 Å². The fraction of sp³-hybridized carbons (Fsp3) is 0.167. The topological polar surface area (TPSA) is 118 Å². The first-order chi connectivity index (χ1) is 9.94. The van der Waals surface area contributed by atoms with Crippen molar-refractivity contribution >= 4 is 33.3 Å². The number of nitrogens with one attached hydrogen (secondary N) is 1. The second kappa shape index (κ2) is 6.39. The highest BCUT2D eigenvalue weighted by Gasteiger charge is 2.10. The molecule has 0 fully saturated rings. The summed E-state index contributed by atoms with van der Waals surface area (Å²) in [5.41, 5.74) is 1.01. The van der Waals surface area contributed by atoms with Gasteiger partial charge < -0.3 is 10.4 Å². The second-order valence-corrected chi connectivity index (χ2v) is 6.42. The largest absolute Gasteiger partial charge is 0.391 e. The van der Waals surface area contributed by atoms with Crippen LogP contribution in [0, 0.1) is 0 Å². The van der Waals surface area contributed by atoms with E-state index in [2.05, 4.69) is 15.3 Å². The Bertz CT molecular complexity index is 750. The number of aliphatic hydroxyl groups is 1. The number of benzene rings is 1. The first-order valence-corrected chi connectivity index (χ1v) is 8.62. The summed E-state index contributed by atoms with van der Waals surface area (Å²) in [4.78, 5) is 8.31. The molecule has 2 aromatic rings. The van der Waals surface area contributed by atoms with Crippen LogP contribution in [0.3, 0.4) is 0 Å². The lowest BCUT2D eigenvalue weighted by atomic mass is 10.3. The van der Waals surface area contributed by atoms with Gasteiger partial charge in [0.15, 0.2) is 5.16 Å². The molecule has 0 aliphatic heterocycles. The molecule has 0 aliphatic rings. The van der Waals surface area contributed by atoms with E-state index in [1.165, 1.54) is 30.1 Å². The predicted octanol–water partition coefficient (Wildman–Crippen LogP) is 1.08. The van der Waals surface area contributed by atoms with Crippen LogP contribution in [-0.4, -0.2) is 29.7 Å².